The molecule has 0 aliphatic heterocycles. The first-order valence-corrected chi connectivity index (χ1v) is 7.63. The molecule has 1 atom stereocenters. The largest absolute Gasteiger partial charge is 0.380 e. The molecule has 1 aliphatic carbocycles. The van der Waals surface area contributed by atoms with E-state index < -0.39 is 0 Å². The van der Waals surface area contributed by atoms with Gasteiger partial charge in [-0.2, -0.15) is 0 Å². The molecule has 0 aromatic heterocycles. The van der Waals surface area contributed by atoms with Crippen LogP contribution in [-0.4, -0.2) is 50.8 Å². The molecule has 1 fully saturated rings. The van der Waals surface area contributed by atoms with Crippen LogP contribution in [0.1, 0.15) is 40.0 Å². The minimum absolute atomic E-state index is 0.612. The maximum atomic E-state index is 5.72. The van der Waals surface area contributed by atoms with Crippen molar-refractivity contribution in [3.63, 3.8) is 0 Å². The van der Waals surface area contributed by atoms with Crippen molar-refractivity contribution in [2.24, 2.45) is 11.8 Å². The summed E-state index contributed by atoms with van der Waals surface area (Å²) in [4.78, 5) is 2.44. The molecule has 3 nitrogen and oxygen atoms in total. The molecule has 0 spiro atoms. The molecule has 0 radical (unpaired) electrons. The molecule has 18 heavy (non-hydrogen) atoms. The fourth-order valence-electron chi connectivity index (χ4n) is 2.24. The van der Waals surface area contributed by atoms with Crippen LogP contribution < -0.4 is 5.32 Å². The monoisotopic (exact) mass is 256 g/mol. The highest BCUT2D eigenvalue weighted by molar-refractivity contribution is 4.75. The minimum Gasteiger partial charge on any atom is -0.380 e. The van der Waals surface area contributed by atoms with Gasteiger partial charge in [0.2, 0.25) is 0 Å². The van der Waals surface area contributed by atoms with Gasteiger partial charge in [0.15, 0.2) is 0 Å². The van der Waals surface area contributed by atoms with Gasteiger partial charge in [0.05, 0.1) is 6.61 Å². The third-order valence-corrected chi connectivity index (χ3v) is 3.75. The zero-order chi connectivity index (χ0) is 13.4. The van der Waals surface area contributed by atoms with E-state index in [0.29, 0.717) is 12.0 Å². The summed E-state index contributed by atoms with van der Waals surface area (Å²) in [6.07, 6.45) is 3.97. The lowest BCUT2D eigenvalue weighted by molar-refractivity contribution is 0.0824. The lowest BCUT2D eigenvalue weighted by Gasteiger charge is -2.31. The van der Waals surface area contributed by atoms with Crippen molar-refractivity contribution >= 4 is 0 Å². The Labute approximate surface area is 113 Å². The van der Waals surface area contributed by atoms with E-state index in [4.69, 9.17) is 4.74 Å². The molecule has 0 aromatic rings. The number of ether oxygens (including phenoxy) is 1. The van der Waals surface area contributed by atoms with E-state index >= 15 is 0 Å². The molecule has 1 unspecified atom stereocenters. The minimum atomic E-state index is 0.612. The standard InChI is InChI=1S/C15H32N2O/c1-5-8-16-11-15(13(2)3)17(4)9-10-18-12-14-6-7-14/h13-16H,5-12H2,1-4H3. The first-order valence-electron chi connectivity index (χ1n) is 7.63. The van der Waals surface area contributed by atoms with E-state index in [1.54, 1.807) is 0 Å². The Balaban J connectivity index is 2.13. The first kappa shape index (κ1) is 15.9. The third-order valence-electron chi connectivity index (χ3n) is 3.75. The Morgan fingerprint density at radius 1 is 1.33 bits per heavy atom. The van der Waals surface area contributed by atoms with Crippen LogP contribution in [0.25, 0.3) is 0 Å². The fourth-order valence-corrected chi connectivity index (χ4v) is 2.24. The zero-order valence-corrected chi connectivity index (χ0v) is 12.7. The van der Waals surface area contributed by atoms with Crippen molar-refractivity contribution in [3.8, 4) is 0 Å². The highest BCUT2D eigenvalue weighted by Crippen LogP contribution is 2.28. The quantitative estimate of drug-likeness (QED) is 0.574. The van der Waals surface area contributed by atoms with Gasteiger partial charge in [-0.25, -0.2) is 0 Å². The molecule has 0 amide bonds. The third kappa shape index (κ3) is 6.72. The normalized spacial score (nSPS) is 17.7. The van der Waals surface area contributed by atoms with E-state index in [2.05, 4.69) is 38.0 Å². The summed E-state index contributed by atoms with van der Waals surface area (Å²) in [6, 6.07) is 0.612. The molecule has 0 heterocycles. The molecule has 0 saturated heterocycles. The van der Waals surface area contributed by atoms with Crippen molar-refractivity contribution in [3.05, 3.63) is 0 Å². The van der Waals surface area contributed by atoms with Crippen molar-refractivity contribution in [1.29, 1.82) is 0 Å². The maximum Gasteiger partial charge on any atom is 0.0593 e. The molecule has 1 rings (SSSR count). The number of nitrogens with zero attached hydrogens (tertiary/aromatic N) is 1. The number of hydrogen-bond acceptors (Lipinski definition) is 3. The van der Waals surface area contributed by atoms with Gasteiger partial charge >= 0.3 is 0 Å². The van der Waals surface area contributed by atoms with E-state index in [9.17, 15) is 0 Å². The predicted molar refractivity (Wildman–Crippen MR) is 78.0 cm³/mol. The molecule has 1 aliphatic rings. The van der Waals surface area contributed by atoms with Crippen molar-refractivity contribution in [2.45, 2.75) is 46.1 Å². The SMILES string of the molecule is CCCNCC(C(C)C)N(C)CCOCC1CC1. The summed E-state index contributed by atoms with van der Waals surface area (Å²) in [6.45, 7) is 11.9. The van der Waals surface area contributed by atoms with Crippen LogP contribution in [0.4, 0.5) is 0 Å². The van der Waals surface area contributed by atoms with Gasteiger partial charge in [-0.3, -0.25) is 4.90 Å². The van der Waals surface area contributed by atoms with Crippen LogP contribution in [0.2, 0.25) is 0 Å². The second kappa shape index (κ2) is 8.89. The maximum absolute atomic E-state index is 5.72. The van der Waals surface area contributed by atoms with Crippen LogP contribution in [0, 0.1) is 11.8 Å². The van der Waals surface area contributed by atoms with Crippen molar-refractivity contribution < 1.29 is 4.74 Å². The molecular weight excluding hydrogens is 224 g/mol. The van der Waals surface area contributed by atoms with Crippen LogP contribution in [0.15, 0.2) is 0 Å². The smallest absolute Gasteiger partial charge is 0.0593 e. The summed E-state index contributed by atoms with van der Waals surface area (Å²) in [5.41, 5.74) is 0. The van der Waals surface area contributed by atoms with Gasteiger partial charge in [0.25, 0.3) is 0 Å². The van der Waals surface area contributed by atoms with Crippen molar-refractivity contribution in [1.82, 2.24) is 10.2 Å². The van der Waals surface area contributed by atoms with Gasteiger partial charge in [-0.15, -0.1) is 0 Å². The lowest BCUT2D eigenvalue weighted by atomic mass is 10.0. The predicted octanol–water partition coefficient (Wildman–Crippen LogP) is 2.37. The first-order chi connectivity index (χ1) is 8.65. The lowest BCUT2D eigenvalue weighted by Crippen LogP contribution is -2.45. The zero-order valence-electron chi connectivity index (χ0n) is 12.7. The molecule has 0 aromatic carbocycles. The van der Waals surface area contributed by atoms with Gasteiger partial charge in [-0.1, -0.05) is 20.8 Å². The summed E-state index contributed by atoms with van der Waals surface area (Å²) >= 11 is 0. The van der Waals surface area contributed by atoms with Gasteiger partial charge in [0.1, 0.15) is 0 Å². The number of nitrogens with one attached hydrogen (secondary N) is 1. The second-order valence-electron chi connectivity index (χ2n) is 6.01. The average molecular weight is 256 g/mol. The molecule has 108 valence electrons. The van der Waals surface area contributed by atoms with Gasteiger partial charge < -0.3 is 10.1 Å². The summed E-state index contributed by atoms with van der Waals surface area (Å²) in [5, 5.41) is 3.53. The number of likely N-dealkylation sites (N-methyl/N-ethyl adjacent to an activating group) is 1. The Morgan fingerprint density at radius 3 is 2.61 bits per heavy atom. The number of hydrogen-bond donors (Lipinski definition) is 1. The summed E-state index contributed by atoms with van der Waals surface area (Å²) in [7, 11) is 2.22. The van der Waals surface area contributed by atoms with Gasteiger partial charge in [0, 0.05) is 25.7 Å². The van der Waals surface area contributed by atoms with Crippen molar-refractivity contribution in [2.75, 3.05) is 39.9 Å². The summed E-state index contributed by atoms with van der Waals surface area (Å²) in [5.74, 6) is 1.56. The fraction of sp³-hybridized carbons (Fsp3) is 1.00. The number of rotatable bonds is 11. The molecule has 3 heteroatoms. The topological polar surface area (TPSA) is 24.5 Å². The van der Waals surface area contributed by atoms with E-state index in [1.807, 2.05) is 0 Å². The molecular formula is C15H32N2O. The Hall–Kier alpha value is -0.120. The van der Waals surface area contributed by atoms with Crippen LogP contribution in [-0.2, 0) is 4.74 Å². The van der Waals surface area contributed by atoms with E-state index in [0.717, 1.165) is 38.8 Å². The highest BCUT2D eigenvalue weighted by Gasteiger charge is 2.22. The highest BCUT2D eigenvalue weighted by atomic mass is 16.5. The van der Waals surface area contributed by atoms with Crippen LogP contribution in [0.5, 0.6) is 0 Å². The average Bonchev–Trinajstić information content (AvgIpc) is 3.13. The summed E-state index contributed by atoms with van der Waals surface area (Å²) < 4.78 is 5.72. The Kier molecular flexibility index (Phi) is 7.87. The van der Waals surface area contributed by atoms with Crippen LogP contribution >= 0.6 is 0 Å². The van der Waals surface area contributed by atoms with E-state index in [-0.39, 0.29) is 0 Å². The molecule has 1 N–H and O–H groups in total. The molecule has 1 saturated carbocycles. The van der Waals surface area contributed by atoms with Gasteiger partial charge in [-0.05, 0) is 44.7 Å². The van der Waals surface area contributed by atoms with E-state index in [1.165, 1.54) is 19.3 Å². The second-order valence-corrected chi connectivity index (χ2v) is 6.01. The Bertz CT molecular complexity index is 205. The van der Waals surface area contributed by atoms with Crippen LogP contribution in [0.3, 0.4) is 0 Å². The molecule has 0 bridgehead atoms. The Morgan fingerprint density at radius 2 is 2.06 bits per heavy atom.